The molecule has 0 heterocycles. The van der Waals surface area contributed by atoms with Crippen molar-refractivity contribution >= 4 is 17.7 Å². The fourth-order valence-corrected chi connectivity index (χ4v) is 1.25. The number of thioether (sulfide) groups is 1. The van der Waals surface area contributed by atoms with Gasteiger partial charge in [-0.2, -0.15) is 0 Å². The van der Waals surface area contributed by atoms with E-state index in [1.165, 1.54) is 0 Å². The second kappa shape index (κ2) is 8.87. The SMILES string of the molecule is CCOCCSCC(=O)OCC. The first kappa shape index (κ1) is 11.8. The van der Waals surface area contributed by atoms with E-state index in [2.05, 4.69) is 0 Å². The number of rotatable bonds is 7. The highest BCUT2D eigenvalue weighted by Crippen LogP contribution is 2.00. The molecule has 0 aliphatic carbocycles. The van der Waals surface area contributed by atoms with Crippen LogP contribution in [0, 0.1) is 0 Å². The van der Waals surface area contributed by atoms with E-state index in [1.807, 2.05) is 13.8 Å². The molecule has 0 atom stereocenters. The number of ether oxygens (including phenoxy) is 2. The van der Waals surface area contributed by atoms with Crippen LogP contribution in [-0.2, 0) is 14.3 Å². The number of carbonyl (C=O) groups excluding carboxylic acids is 1. The fraction of sp³-hybridized carbons (Fsp3) is 0.875. The smallest absolute Gasteiger partial charge is 0.315 e. The van der Waals surface area contributed by atoms with Crippen molar-refractivity contribution in [1.82, 2.24) is 0 Å². The van der Waals surface area contributed by atoms with Crippen molar-refractivity contribution in [3.05, 3.63) is 0 Å². The van der Waals surface area contributed by atoms with E-state index in [9.17, 15) is 4.79 Å². The topological polar surface area (TPSA) is 35.5 Å². The van der Waals surface area contributed by atoms with Crippen LogP contribution in [-0.4, -0.2) is 37.3 Å². The van der Waals surface area contributed by atoms with Crippen LogP contribution in [0.4, 0.5) is 0 Å². The summed E-state index contributed by atoms with van der Waals surface area (Å²) in [6.45, 7) is 5.67. The van der Waals surface area contributed by atoms with Gasteiger partial charge < -0.3 is 9.47 Å². The summed E-state index contributed by atoms with van der Waals surface area (Å²) < 4.78 is 9.85. The van der Waals surface area contributed by atoms with Gasteiger partial charge in [0.15, 0.2) is 0 Å². The Morgan fingerprint density at radius 1 is 1.33 bits per heavy atom. The first-order chi connectivity index (χ1) is 5.81. The van der Waals surface area contributed by atoms with Gasteiger partial charge in [0.05, 0.1) is 19.0 Å². The highest BCUT2D eigenvalue weighted by molar-refractivity contribution is 7.99. The van der Waals surface area contributed by atoms with E-state index < -0.39 is 0 Å². The Kier molecular flexibility index (Phi) is 8.71. The van der Waals surface area contributed by atoms with Crippen LogP contribution in [0.15, 0.2) is 0 Å². The molecule has 0 aromatic heterocycles. The van der Waals surface area contributed by atoms with Gasteiger partial charge in [-0.05, 0) is 13.8 Å². The first-order valence-electron chi connectivity index (χ1n) is 4.12. The van der Waals surface area contributed by atoms with E-state index in [0.29, 0.717) is 19.0 Å². The Morgan fingerprint density at radius 3 is 2.67 bits per heavy atom. The van der Waals surface area contributed by atoms with E-state index in [1.54, 1.807) is 11.8 Å². The number of carbonyl (C=O) groups is 1. The molecule has 0 aliphatic heterocycles. The summed E-state index contributed by atoms with van der Waals surface area (Å²) in [5.41, 5.74) is 0. The normalized spacial score (nSPS) is 9.83. The molecule has 0 spiro atoms. The minimum absolute atomic E-state index is 0.140. The standard InChI is InChI=1S/C8H16O3S/c1-3-10-5-6-12-7-8(9)11-4-2/h3-7H2,1-2H3. The number of esters is 1. The zero-order chi connectivity index (χ0) is 9.23. The molecular formula is C8H16O3S. The van der Waals surface area contributed by atoms with E-state index in [4.69, 9.17) is 9.47 Å². The Balaban J connectivity index is 3.03. The maximum Gasteiger partial charge on any atom is 0.315 e. The second-order valence-corrected chi connectivity index (χ2v) is 3.16. The van der Waals surface area contributed by atoms with Crippen molar-refractivity contribution in [2.24, 2.45) is 0 Å². The Labute approximate surface area is 77.8 Å². The quantitative estimate of drug-likeness (QED) is 0.450. The van der Waals surface area contributed by atoms with Gasteiger partial charge in [-0.3, -0.25) is 4.79 Å². The lowest BCUT2D eigenvalue weighted by atomic mass is 10.8. The van der Waals surface area contributed by atoms with Gasteiger partial charge in [0.25, 0.3) is 0 Å². The molecule has 0 amide bonds. The first-order valence-corrected chi connectivity index (χ1v) is 5.27. The zero-order valence-corrected chi connectivity index (χ0v) is 8.49. The summed E-state index contributed by atoms with van der Waals surface area (Å²) in [6.07, 6.45) is 0. The maximum atomic E-state index is 10.8. The Hall–Kier alpha value is -0.220. The Bertz CT molecular complexity index is 117. The van der Waals surface area contributed by atoms with Gasteiger partial charge in [0.1, 0.15) is 0 Å². The van der Waals surface area contributed by atoms with E-state index in [0.717, 1.165) is 12.4 Å². The van der Waals surface area contributed by atoms with Crippen molar-refractivity contribution in [1.29, 1.82) is 0 Å². The summed E-state index contributed by atoms with van der Waals surface area (Å²) in [7, 11) is 0. The summed E-state index contributed by atoms with van der Waals surface area (Å²) in [6, 6.07) is 0. The van der Waals surface area contributed by atoms with Gasteiger partial charge in [-0.1, -0.05) is 0 Å². The molecule has 12 heavy (non-hydrogen) atoms. The van der Waals surface area contributed by atoms with Crippen molar-refractivity contribution in [3.63, 3.8) is 0 Å². The Morgan fingerprint density at radius 2 is 2.08 bits per heavy atom. The molecule has 0 aliphatic rings. The predicted molar refractivity (Wildman–Crippen MR) is 50.5 cm³/mol. The maximum absolute atomic E-state index is 10.8. The summed E-state index contributed by atoms with van der Waals surface area (Å²) in [5.74, 6) is 1.15. The summed E-state index contributed by atoms with van der Waals surface area (Å²) >= 11 is 1.54. The van der Waals surface area contributed by atoms with Crippen LogP contribution in [0.2, 0.25) is 0 Å². The molecule has 3 nitrogen and oxygen atoms in total. The lowest BCUT2D eigenvalue weighted by Gasteiger charge is -2.01. The fourth-order valence-electron chi connectivity index (χ4n) is 0.620. The minimum Gasteiger partial charge on any atom is -0.465 e. The van der Waals surface area contributed by atoms with Crippen molar-refractivity contribution in [2.45, 2.75) is 13.8 Å². The third-order valence-corrected chi connectivity index (χ3v) is 2.00. The van der Waals surface area contributed by atoms with Gasteiger partial charge in [0.2, 0.25) is 0 Å². The molecule has 0 bridgehead atoms. The molecule has 0 aromatic rings. The lowest BCUT2D eigenvalue weighted by molar-refractivity contribution is -0.139. The van der Waals surface area contributed by atoms with Crippen LogP contribution >= 0.6 is 11.8 Å². The summed E-state index contributed by atoms with van der Waals surface area (Å²) in [4.78, 5) is 10.8. The van der Waals surface area contributed by atoms with Crippen LogP contribution in [0.3, 0.4) is 0 Å². The highest BCUT2D eigenvalue weighted by Gasteiger charge is 2.00. The zero-order valence-electron chi connectivity index (χ0n) is 7.67. The summed E-state index contributed by atoms with van der Waals surface area (Å²) in [5, 5.41) is 0. The van der Waals surface area contributed by atoms with Crippen LogP contribution < -0.4 is 0 Å². The van der Waals surface area contributed by atoms with Crippen molar-refractivity contribution < 1.29 is 14.3 Å². The predicted octanol–water partition coefficient (Wildman–Crippen LogP) is 1.32. The highest BCUT2D eigenvalue weighted by atomic mass is 32.2. The van der Waals surface area contributed by atoms with Gasteiger partial charge in [0, 0.05) is 12.4 Å². The van der Waals surface area contributed by atoms with Crippen LogP contribution in [0.5, 0.6) is 0 Å². The van der Waals surface area contributed by atoms with Crippen LogP contribution in [0.25, 0.3) is 0 Å². The van der Waals surface area contributed by atoms with Gasteiger partial charge >= 0.3 is 5.97 Å². The van der Waals surface area contributed by atoms with E-state index in [-0.39, 0.29) is 5.97 Å². The van der Waals surface area contributed by atoms with Gasteiger partial charge in [-0.25, -0.2) is 0 Å². The average molecular weight is 192 g/mol. The molecule has 0 unspecified atom stereocenters. The molecular weight excluding hydrogens is 176 g/mol. The van der Waals surface area contributed by atoms with E-state index >= 15 is 0 Å². The minimum atomic E-state index is -0.140. The monoisotopic (exact) mass is 192 g/mol. The molecule has 0 aromatic carbocycles. The molecule has 0 fully saturated rings. The largest absolute Gasteiger partial charge is 0.465 e. The number of hydrogen-bond acceptors (Lipinski definition) is 4. The lowest BCUT2D eigenvalue weighted by Crippen LogP contribution is -2.08. The van der Waals surface area contributed by atoms with Gasteiger partial charge in [-0.15, -0.1) is 11.8 Å². The molecule has 0 N–H and O–H groups in total. The molecule has 72 valence electrons. The third-order valence-electron chi connectivity index (χ3n) is 1.10. The average Bonchev–Trinajstić information content (AvgIpc) is 2.05. The molecule has 0 rings (SSSR count). The second-order valence-electron chi connectivity index (χ2n) is 2.05. The number of hydrogen-bond donors (Lipinski definition) is 0. The van der Waals surface area contributed by atoms with Crippen molar-refractivity contribution in [2.75, 3.05) is 31.3 Å². The van der Waals surface area contributed by atoms with Crippen LogP contribution in [0.1, 0.15) is 13.8 Å². The third kappa shape index (κ3) is 7.88. The van der Waals surface area contributed by atoms with Crippen molar-refractivity contribution in [3.8, 4) is 0 Å². The molecule has 0 saturated heterocycles. The molecule has 0 saturated carbocycles. The molecule has 4 heteroatoms. The molecule has 0 radical (unpaired) electrons.